The number of hydrogen-bond acceptors (Lipinski definition) is 0. The van der Waals surface area contributed by atoms with Crippen LogP contribution in [0.4, 0.5) is 0 Å². The maximum Gasteiger partial charge on any atom is 0.0782 e. The molecule has 0 N–H and O–H groups in total. The molecule has 1 nitrogen and oxygen atoms in total. The van der Waals surface area contributed by atoms with Crippen LogP contribution in [0, 0.1) is 0 Å². The van der Waals surface area contributed by atoms with Crippen LogP contribution in [-0.4, -0.2) is 31.7 Å². The van der Waals surface area contributed by atoms with Crippen molar-refractivity contribution in [2.75, 3.05) is 27.2 Å². The van der Waals surface area contributed by atoms with Gasteiger partial charge < -0.3 is 28.5 Å². The summed E-state index contributed by atoms with van der Waals surface area (Å²) in [4.78, 5) is 0. The Morgan fingerprint density at radius 1 is 0.476 bits per heavy atom. The molecule has 0 aromatic heterocycles. The first-order chi connectivity index (χ1) is 9.62. The summed E-state index contributed by atoms with van der Waals surface area (Å²) in [5, 5.41) is 0. The van der Waals surface area contributed by atoms with E-state index in [4.69, 9.17) is 0 Å². The minimum absolute atomic E-state index is 0. The maximum absolute atomic E-state index is 2.42. The molecule has 2 heteroatoms. The lowest BCUT2D eigenvalue weighted by Gasteiger charge is -2.30. The molecule has 0 unspecified atom stereocenters. The number of halogens is 1. The van der Waals surface area contributed by atoms with Gasteiger partial charge in [-0.05, 0) is 25.7 Å². The molecule has 0 heterocycles. The van der Waals surface area contributed by atoms with E-state index in [2.05, 4.69) is 27.9 Å². The zero-order valence-electron chi connectivity index (χ0n) is 15.4. The molecule has 0 saturated carbocycles. The second kappa shape index (κ2) is 17.1. The first-order valence-corrected chi connectivity index (χ1v) is 9.44. The van der Waals surface area contributed by atoms with Crippen molar-refractivity contribution in [3.63, 3.8) is 0 Å². The summed E-state index contributed by atoms with van der Waals surface area (Å²) < 4.78 is 1.24. The minimum atomic E-state index is 0. The zero-order valence-corrected chi connectivity index (χ0v) is 17.6. The Kier molecular flexibility index (Phi) is 19.4. The molecule has 21 heavy (non-hydrogen) atoms. The summed E-state index contributed by atoms with van der Waals surface area (Å²) >= 11 is 0. The first-order valence-electron chi connectivity index (χ1n) is 9.44. The average molecular weight is 411 g/mol. The van der Waals surface area contributed by atoms with Gasteiger partial charge in [0.1, 0.15) is 0 Å². The highest BCUT2D eigenvalue weighted by atomic mass is 127. The molecule has 0 atom stereocenters. The molecule has 0 aliphatic heterocycles. The van der Waals surface area contributed by atoms with E-state index in [0.717, 1.165) is 0 Å². The fourth-order valence-electron chi connectivity index (χ4n) is 2.93. The van der Waals surface area contributed by atoms with E-state index in [9.17, 15) is 0 Å². The summed E-state index contributed by atoms with van der Waals surface area (Å²) in [6.07, 6.45) is 18.6. The summed E-state index contributed by atoms with van der Waals surface area (Å²) in [5.74, 6) is 0. The van der Waals surface area contributed by atoms with E-state index in [-0.39, 0.29) is 24.0 Å². The highest BCUT2D eigenvalue weighted by molar-refractivity contribution is 4.47. The third-order valence-electron chi connectivity index (χ3n) is 4.48. The van der Waals surface area contributed by atoms with Crippen molar-refractivity contribution in [2.45, 2.75) is 97.3 Å². The Hall–Kier alpha value is 0.690. The van der Waals surface area contributed by atoms with E-state index in [1.807, 2.05) is 0 Å². The van der Waals surface area contributed by atoms with Crippen LogP contribution in [0.2, 0.25) is 0 Å². The topological polar surface area (TPSA) is 0 Å². The quantitative estimate of drug-likeness (QED) is 0.221. The Labute approximate surface area is 152 Å². The number of hydrogen-bond donors (Lipinski definition) is 0. The molecule has 0 saturated heterocycles. The van der Waals surface area contributed by atoms with Gasteiger partial charge in [0.15, 0.2) is 0 Å². The fraction of sp³-hybridized carbons (Fsp3) is 1.00. The van der Waals surface area contributed by atoms with Gasteiger partial charge in [0, 0.05) is 0 Å². The monoisotopic (exact) mass is 411 g/mol. The van der Waals surface area contributed by atoms with Crippen molar-refractivity contribution in [3.8, 4) is 0 Å². The van der Waals surface area contributed by atoms with Crippen LogP contribution in [-0.2, 0) is 0 Å². The number of quaternary nitrogens is 1. The minimum Gasteiger partial charge on any atom is -1.00 e. The van der Waals surface area contributed by atoms with Crippen molar-refractivity contribution >= 4 is 0 Å². The number of unbranched alkanes of at least 4 members (excludes halogenated alkanes) is 11. The van der Waals surface area contributed by atoms with Crippen LogP contribution in [0.15, 0.2) is 0 Å². The Bertz CT molecular complexity index is 192. The lowest BCUT2D eigenvalue weighted by molar-refractivity contribution is -0.890. The molecule has 0 rings (SSSR count). The maximum atomic E-state index is 2.42. The second-order valence-electron chi connectivity index (χ2n) is 7.27. The summed E-state index contributed by atoms with van der Waals surface area (Å²) in [6, 6.07) is 0. The summed E-state index contributed by atoms with van der Waals surface area (Å²) in [5.41, 5.74) is 0. The highest BCUT2D eigenvalue weighted by Crippen LogP contribution is 2.11. The van der Waals surface area contributed by atoms with Gasteiger partial charge in [0.05, 0.1) is 27.2 Å². The van der Waals surface area contributed by atoms with Gasteiger partial charge in [-0.25, -0.2) is 0 Å². The Balaban J connectivity index is 0. The molecule has 0 aliphatic carbocycles. The predicted octanol–water partition coefficient (Wildman–Crippen LogP) is 3.18. The normalized spacial score (nSPS) is 11.4. The SMILES string of the molecule is CCCCCCCCCC[N+](C)(C)CCCCCCC.[I-]. The smallest absolute Gasteiger partial charge is 0.0782 e. The summed E-state index contributed by atoms with van der Waals surface area (Å²) in [7, 11) is 4.84. The van der Waals surface area contributed by atoms with Crippen LogP contribution >= 0.6 is 0 Å². The average Bonchev–Trinajstić information content (AvgIpc) is 2.41. The van der Waals surface area contributed by atoms with E-state index in [1.54, 1.807) is 0 Å². The lowest BCUT2D eigenvalue weighted by atomic mass is 10.1. The van der Waals surface area contributed by atoms with E-state index < -0.39 is 0 Å². The van der Waals surface area contributed by atoms with Crippen molar-refractivity contribution in [1.29, 1.82) is 0 Å². The van der Waals surface area contributed by atoms with Gasteiger partial charge in [0.2, 0.25) is 0 Å². The summed E-state index contributed by atoms with van der Waals surface area (Å²) in [6.45, 7) is 7.34. The van der Waals surface area contributed by atoms with Crippen LogP contribution in [0.1, 0.15) is 97.3 Å². The first kappa shape index (κ1) is 23.9. The molecule has 0 radical (unpaired) electrons. The molecule has 0 fully saturated rings. The molecular weight excluding hydrogens is 369 g/mol. The fourth-order valence-corrected chi connectivity index (χ4v) is 2.93. The third-order valence-corrected chi connectivity index (χ3v) is 4.48. The second-order valence-corrected chi connectivity index (χ2v) is 7.27. The van der Waals surface area contributed by atoms with Crippen molar-refractivity contribution in [3.05, 3.63) is 0 Å². The predicted molar refractivity (Wildman–Crippen MR) is 93.2 cm³/mol. The number of rotatable bonds is 15. The van der Waals surface area contributed by atoms with Crippen LogP contribution in [0.3, 0.4) is 0 Å². The molecule has 0 aliphatic rings. The molecule has 0 bridgehead atoms. The Morgan fingerprint density at radius 2 is 0.762 bits per heavy atom. The standard InChI is InChI=1S/C19H42N.HI/c1-5-7-9-11-12-13-15-17-19-20(3,4)18-16-14-10-8-6-2;/h5-19H2,1-4H3;1H/q+1;/p-1. The molecule has 130 valence electrons. The van der Waals surface area contributed by atoms with Crippen molar-refractivity contribution < 1.29 is 28.5 Å². The van der Waals surface area contributed by atoms with Crippen LogP contribution in [0.25, 0.3) is 0 Å². The highest BCUT2D eigenvalue weighted by Gasteiger charge is 2.13. The lowest BCUT2D eigenvalue weighted by Crippen LogP contribution is -3.00. The largest absolute Gasteiger partial charge is 1.00 e. The van der Waals surface area contributed by atoms with E-state index in [1.165, 1.54) is 101 Å². The van der Waals surface area contributed by atoms with E-state index in [0.29, 0.717) is 0 Å². The molecule has 0 spiro atoms. The van der Waals surface area contributed by atoms with Gasteiger partial charge >= 0.3 is 0 Å². The van der Waals surface area contributed by atoms with Crippen LogP contribution < -0.4 is 24.0 Å². The van der Waals surface area contributed by atoms with Crippen molar-refractivity contribution in [2.24, 2.45) is 0 Å². The molecule has 0 aromatic carbocycles. The zero-order chi connectivity index (χ0) is 15.1. The van der Waals surface area contributed by atoms with Gasteiger partial charge in [-0.2, -0.15) is 0 Å². The van der Waals surface area contributed by atoms with Crippen molar-refractivity contribution in [1.82, 2.24) is 0 Å². The Morgan fingerprint density at radius 3 is 1.10 bits per heavy atom. The van der Waals surface area contributed by atoms with Gasteiger partial charge in [-0.3, -0.25) is 0 Å². The van der Waals surface area contributed by atoms with E-state index >= 15 is 0 Å². The molecular formula is C19H42IN. The number of nitrogens with zero attached hydrogens (tertiary/aromatic N) is 1. The van der Waals surface area contributed by atoms with Gasteiger partial charge in [-0.15, -0.1) is 0 Å². The molecule has 0 aromatic rings. The van der Waals surface area contributed by atoms with Crippen LogP contribution in [0.5, 0.6) is 0 Å². The third kappa shape index (κ3) is 18.6. The molecule has 0 amide bonds. The van der Waals surface area contributed by atoms with Gasteiger partial charge in [-0.1, -0.05) is 71.6 Å². The van der Waals surface area contributed by atoms with Gasteiger partial charge in [0.25, 0.3) is 0 Å².